The van der Waals surface area contributed by atoms with Crippen molar-refractivity contribution in [3.63, 3.8) is 0 Å². The van der Waals surface area contributed by atoms with Gasteiger partial charge in [0.2, 0.25) is 0 Å². The SMILES string of the molecule is Cc1ccc(F)c(CNCCCN2CCCCC2)c1F. The topological polar surface area (TPSA) is 15.3 Å². The number of benzene rings is 1. The first-order valence-corrected chi connectivity index (χ1v) is 7.55. The van der Waals surface area contributed by atoms with Crippen LogP contribution >= 0.6 is 0 Å². The predicted molar refractivity (Wildman–Crippen MR) is 77.7 cm³/mol. The van der Waals surface area contributed by atoms with E-state index in [1.54, 1.807) is 6.92 Å². The van der Waals surface area contributed by atoms with Gasteiger partial charge in [0.25, 0.3) is 0 Å². The van der Waals surface area contributed by atoms with Gasteiger partial charge in [0.1, 0.15) is 11.6 Å². The number of nitrogens with one attached hydrogen (secondary N) is 1. The smallest absolute Gasteiger partial charge is 0.133 e. The highest BCUT2D eigenvalue weighted by molar-refractivity contribution is 5.26. The highest BCUT2D eigenvalue weighted by Gasteiger charge is 2.11. The summed E-state index contributed by atoms with van der Waals surface area (Å²) in [4.78, 5) is 2.47. The Labute approximate surface area is 120 Å². The quantitative estimate of drug-likeness (QED) is 0.806. The number of halogens is 2. The van der Waals surface area contributed by atoms with Gasteiger partial charge in [-0.25, -0.2) is 8.78 Å². The van der Waals surface area contributed by atoms with Crippen LogP contribution in [-0.4, -0.2) is 31.1 Å². The van der Waals surface area contributed by atoms with Crippen molar-refractivity contribution >= 4 is 0 Å². The maximum Gasteiger partial charge on any atom is 0.133 e. The van der Waals surface area contributed by atoms with Crippen LogP contribution in [0.1, 0.15) is 36.8 Å². The summed E-state index contributed by atoms with van der Waals surface area (Å²) in [6, 6.07) is 2.81. The van der Waals surface area contributed by atoms with Gasteiger partial charge in [-0.2, -0.15) is 0 Å². The van der Waals surface area contributed by atoms with Crippen LogP contribution in [0.4, 0.5) is 8.78 Å². The Kier molecular flexibility index (Phi) is 5.92. The largest absolute Gasteiger partial charge is 0.312 e. The molecule has 1 saturated heterocycles. The molecule has 0 spiro atoms. The van der Waals surface area contributed by atoms with Crippen LogP contribution < -0.4 is 5.32 Å². The second-order valence-electron chi connectivity index (χ2n) is 5.59. The van der Waals surface area contributed by atoms with E-state index in [-0.39, 0.29) is 12.1 Å². The number of nitrogens with zero attached hydrogens (tertiary/aromatic N) is 1. The van der Waals surface area contributed by atoms with E-state index in [1.165, 1.54) is 44.5 Å². The fourth-order valence-electron chi connectivity index (χ4n) is 2.70. The first-order chi connectivity index (χ1) is 9.68. The molecule has 112 valence electrons. The Bertz CT molecular complexity index is 429. The molecule has 0 aromatic heterocycles. The van der Waals surface area contributed by atoms with E-state index in [4.69, 9.17) is 0 Å². The van der Waals surface area contributed by atoms with Crippen molar-refractivity contribution in [3.8, 4) is 0 Å². The molecule has 1 aliphatic rings. The fraction of sp³-hybridized carbons (Fsp3) is 0.625. The summed E-state index contributed by atoms with van der Waals surface area (Å²) in [5.74, 6) is -0.884. The molecule has 0 saturated carbocycles. The molecule has 1 fully saturated rings. The molecule has 20 heavy (non-hydrogen) atoms. The van der Waals surface area contributed by atoms with Crippen molar-refractivity contribution in [1.29, 1.82) is 0 Å². The van der Waals surface area contributed by atoms with Crippen LogP contribution in [-0.2, 0) is 6.54 Å². The predicted octanol–water partition coefficient (Wildman–Crippen LogP) is 3.24. The summed E-state index contributed by atoms with van der Waals surface area (Å²) in [6.07, 6.45) is 4.97. The standard InChI is InChI=1S/C16H24F2N2/c1-13-6-7-15(17)14(16(13)18)12-19-8-5-11-20-9-3-2-4-10-20/h6-7,19H,2-5,8-12H2,1H3. The van der Waals surface area contributed by atoms with Crippen molar-refractivity contribution in [2.24, 2.45) is 0 Å². The van der Waals surface area contributed by atoms with Gasteiger partial charge in [-0.15, -0.1) is 0 Å². The lowest BCUT2D eigenvalue weighted by Crippen LogP contribution is -2.32. The normalized spacial score (nSPS) is 16.6. The Balaban J connectivity index is 1.69. The molecule has 1 aromatic carbocycles. The second-order valence-corrected chi connectivity index (χ2v) is 5.59. The molecule has 1 N–H and O–H groups in total. The first-order valence-electron chi connectivity index (χ1n) is 7.55. The Morgan fingerprint density at radius 3 is 2.65 bits per heavy atom. The van der Waals surface area contributed by atoms with Gasteiger partial charge < -0.3 is 10.2 Å². The van der Waals surface area contributed by atoms with Crippen LogP contribution in [0.25, 0.3) is 0 Å². The maximum absolute atomic E-state index is 13.8. The third kappa shape index (κ3) is 4.25. The maximum atomic E-state index is 13.8. The van der Waals surface area contributed by atoms with E-state index in [1.807, 2.05) is 0 Å². The third-order valence-corrected chi connectivity index (χ3v) is 3.96. The summed E-state index contributed by atoms with van der Waals surface area (Å²) < 4.78 is 27.3. The number of rotatable bonds is 6. The zero-order valence-corrected chi connectivity index (χ0v) is 12.2. The van der Waals surface area contributed by atoms with Gasteiger partial charge in [-0.3, -0.25) is 0 Å². The molecule has 1 aromatic rings. The molecule has 0 aliphatic carbocycles. The van der Waals surface area contributed by atoms with Crippen molar-refractivity contribution in [2.75, 3.05) is 26.2 Å². The molecular weight excluding hydrogens is 258 g/mol. The minimum atomic E-state index is -0.461. The average Bonchev–Trinajstić information content (AvgIpc) is 2.47. The summed E-state index contributed by atoms with van der Waals surface area (Å²) >= 11 is 0. The molecule has 0 unspecified atom stereocenters. The van der Waals surface area contributed by atoms with E-state index >= 15 is 0 Å². The van der Waals surface area contributed by atoms with Gasteiger partial charge >= 0.3 is 0 Å². The Morgan fingerprint density at radius 1 is 1.15 bits per heavy atom. The summed E-state index contributed by atoms with van der Waals surface area (Å²) in [6.45, 7) is 6.19. The van der Waals surface area contributed by atoms with E-state index in [9.17, 15) is 8.78 Å². The second kappa shape index (κ2) is 7.70. The number of likely N-dealkylation sites (tertiary alicyclic amines) is 1. The van der Waals surface area contributed by atoms with E-state index in [0.29, 0.717) is 5.56 Å². The molecule has 0 atom stereocenters. The lowest BCUT2D eigenvalue weighted by Gasteiger charge is -2.26. The summed E-state index contributed by atoms with van der Waals surface area (Å²) in [5.41, 5.74) is 0.652. The van der Waals surface area contributed by atoms with Gasteiger partial charge in [0.15, 0.2) is 0 Å². The van der Waals surface area contributed by atoms with Crippen molar-refractivity contribution < 1.29 is 8.78 Å². The van der Waals surface area contributed by atoms with Crippen LogP contribution in [0, 0.1) is 18.6 Å². The lowest BCUT2D eigenvalue weighted by molar-refractivity contribution is 0.225. The fourth-order valence-corrected chi connectivity index (χ4v) is 2.70. The first kappa shape index (κ1) is 15.4. The van der Waals surface area contributed by atoms with E-state index in [0.717, 1.165) is 19.5 Å². The monoisotopic (exact) mass is 282 g/mol. The number of hydrogen-bond acceptors (Lipinski definition) is 2. The highest BCUT2D eigenvalue weighted by Crippen LogP contribution is 2.16. The van der Waals surface area contributed by atoms with Crippen molar-refractivity contribution in [3.05, 3.63) is 34.9 Å². The van der Waals surface area contributed by atoms with Crippen molar-refractivity contribution in [2.45, 2.75) is 39.2 Å². The molecule has 0 amide bonds. The molecule has 2 nitrogen and oxygen atoms in total. The van der Waals surface area contributed by atoms with Gasteiger partial charge in [-0.05, 0) is 64.0 Å². The Morgan fingerprint density at radius 2 is 1.90 bits per heavy atom. The molecule has 0 bridgehead atoms. The van der Waals surface area contributed by atoms with Crippen LogP contribution in [0.3, 0.4) is 0 Å². The van der Waals surface area contributed by atoms with E-state index < -0.39 is 11.6 Å². The molecule has 4 heteroatoms. The minimum Gasteiger partial charge on any atom is -0.312 e. The molecule has 1 heterocycles. The third-order valence-electron chi connectivity index (χ3n) is 3.96. The number of piperidine rings is 1. The highest BCUT2D eigenvalue weighted by atomic mass is 19.1. The molecular formula is C16H24F2N2. The average molecular weight is 282 g/mol. The zero-order chi connectivity index (χ0) is 14.4. The molecule has 2 rings (SSSR count). The minimum absolute atomic E-state index is 0.156. The number of hydrogen-bond donors (Lipinski definition) is 1. The lowest BCUT2D eigenvalue weighted by atomic mass is 10.1. The Hall–Kier alpha value is -1.00. The van der Waals surface area contributed by atoms with Crippen LogP contribution in [0.15, 0.2) is 12.1 Å². The van der Waals surface area contributed by atoms with Gasteiger partial charge in [-0.1, -0.05) is 12.5 Å². The summed E-state index contributed by atoms with van der Waals surface area (Å²) in [5, 5.41) is 3.14. The van der Waals surface area contributed by atoms with Crippen LogP contribution in [0.2, 0.25) is 0 Å². The summed E-state index contributed by atoms with van der Waals surface area (Å²) in [7, 11) is 0. The van der Waals surface area contributed by atoms with E-state index in [2.05, 4.69) is 10.2 Å². The molecule has 0 radical (unpaired) electrons. The number of aryl methyl sites for hydroxylation is 1. The van der Waals surface area contributed by atoms with Gasteiger partial charge in [0.05, 0.1) is 0 Å². The van der Waals surface area contributed by atoms with Crippen LogP contribution in [0.5, 0.6) is 0 Å². The zero-order valence-electron chi connectivity index (χ0n) is 12.2. The van der Waals surface area contributed by atoms with Gasteiger partial charge in [0, 0.05) is 12.1 Å². The van der Waals surface area contributed by atoms with Crippen molar-refractivity contribution in [1.82, 2.24) is 10.2 Å². The molecule has 1 aliphatic heterocycles.